The van der Waals surface area contributed by atoms with E-state index >= 15 is 0 Å². The normalized spacial score (nSPS) is 14.2. The number of hydrogen-bond donors (Lipinski definition) is 0. The van der Waals surface area contributed by atoms with Crippen LogP contribution in [-0.4, -0.2) is 41.3 Å². The van der Waals surface area contributed by atoms with Crippen molar-refractivity contribution in [2.24, 2.45) is 0 Å². The minimum absolute atomic E-state index is 0.0374. The molecule has 1 aromatic heterocycles. The Labute approximate surface area is 148 Å². The van der Waals surface area contributed by atoms with Crippen molar-refractivity contribution in [2.45, 2.75) is 26.2 Å². The van der Waals surface area contributed by atoms with Crippen LogP contribution >= 0.6 is 0 Å². The predicted molar refractivity (Wildman–Crippen MR) is 97.8 cm³/mol. The Kier molecular flexibility index (Phi) is 5.43. The van der Waals surface area contributed by atoms with E-state index in [1.165, 1.54) is 12.6 Å². The molecular formula is C20H23N3O2. The number of nitrogens with zero attached hydrogens (tertiary/aromatic N) is 3. The number of aromatic nitrogens is 1. The molecule has 1 aromatic carbocycles. The van der Waals surface area contributed by atoms with Gasteiger partial charge in [-0.2, -0.15) is 0 Å². The molecule has 0 saturated carbocycles. The molecule has 2 aromatic rings. The number of pyridine rings is 1. The highest BCUT2D eigenvalue weighted by molar-refractivity contribution is 6.07. The summed E-state index contributed by atoms with van der Waals surface area (Å²) < 4.78 is 0. The Hall–Kier alpha value is -2.69. The number of carbonyl (C=O) groups excluding carboxylic acids is 2. The van der Waals surface area contributed by atoms with Crippen molar-refractivity contribution in [1.29, 1.82) is 0 Å². The molecule has 0 N–H and O–H groups in total. The van der Waals surface area contributed by atoms with Crippen LogP contribution in [0.2, 0.25) is 0 Å². The number of anilines is 1. The van der Waals surface area contributed by atoms with E-state index in [1.54, 1.807) is 17.2 Å². The molecule has 1 aliphatic rings. The van der Waals surface area contributed by atoms with Gasteiger partial charge in [0.05, 0.1) is 11.1 Å². The van der Waals surface area contributed by atoms with Crippen LogP contribution in [0.1, 0.15) is 46.9 Å². The van der Waals surface area contributed by atoms with Crippen molar-refractivity contribution in [3.05, 3.63) is 59.9 Å². The fraction of sp³-hybridized carbons (Fsp3) is 0.350. The van der Waals surface area contributed by atoms with Crippen LogP contribution in [0.15, 0.2) is 48.8 Å². The van der Waals surface area contributed by atoms with Gasteiger partial charge < -0.3 is 9.80 Å². The van der Waals surface area contributed by atoms with Crippen molar-refractivity contribution in [3.8, 4) is 0 Å². The first-order valence-corrected chi connectivity index (χ1v) is 8.82. The fourth-order valence-corrected chi connectivity index (χ4v) is 3.16. The van der Waals surface area contributed by atoms with E-state index in [2.05, 4.69) is 4.98 Å². The number of piperidine rings is 1. The van der Waals surface area contributed by atoms with Gasteiger partial charge in [0, 0.05) is 37.7 Å². The highest BCUT2D eigenvalue weighted by atomic mass is 16.2. The second kappa shape index (κ2) is 7.92. The molecule has 0 bridgehead atoms. The Bertz CT molecular complexity index is 740. The van der Waals surface area contributed by atoms with Crippen LogP contribution in [0.5, 0.6) is 0 Å². The maximum atomic E-state index is 12.9. The van der Waals surface area contributed by atoms with E-state index in [0.29, 0.717) is 17.7 Å². The molecule has 0 aliphatic carbocycles. The van der Waals surface area contributed by atoms with Gasteiger partial charge in [0.2, 0.25) is 0 Å². The van der Waals surface area contributed by atoms with Crippen molar-refractivity contribution in [3.63, 3.8) is 0 Å². The molecule has 5 nitrogen and oxygen atoms in total. The third-order valence-electron chi connectivity index (χ3n) is 4.50. The van der Waals surface area contributed by atoms with Crippen molar-refractivity contribution in [2.75, 3.05) is 24.5 Å². The molecule has 0 spiro atoms. The van der Waals surface area contributed by atoms with Gasteiger partial charge in [0.15, 0.2) is 0 Å². The molecule has 130 valence electrons. The van der Waals surface area contributed by atoms with Gasteiger partial charge >= 0.3 is 0 Å². The molecule has 3 rings (SSSR count). The van der Waals surface area contributed by atoms with Crippen molar-refractivity contribution >= 4 is 17.5 Å². The summed E-state index contributed by atoms with van der Waals surface area (Å²) in [5.74, 6) is -0.181. The van der Waals surface area contributed by atoms with Gasteiger partial charge in [-0.05, 0) is 44.4 Å². The molecule has 1 fully saturated rings. The number of hydrogen-bond acceptors (Lipinski definition) is 3. The molecule has 0 radical (unpaired) electrons. The maximum absolute atomic E-state index is 12.9. The molecule has 0 unspecified atom stereocenters. The van der Waals surface area contributed by atoms with Crippen LogP contribution in [0, 0.1) is 0 Å². The quantitative estimate of drug-likeness (QED) is 0.859. The number of amides is 2. The van der Waals surface area contributed by atoms with Gasteiger partial charge in [-0.1, -0.05) is 18.2 Å². The summed E-state index contributed by atoms with van der Waals surface area (Å²) in [7, 11) is 0. The standard InChI is InChI=1S/C20H23N3O2/c1-2-23(18-9-5-3-6-10-18)20(25)17-13-16(14-21-15-17)19(24)22-11-7-4-8-12-22/h3,5-6,9-10,13-15H,2,4,7-8,11-12H2,1H3. The largest absolute Gasteiger partial charge is 0.339 e. The number of likely N-dealkylation sites (tertiary alicyclic amines) is 1. The highest BCUT2D eigenvalue weighted by Crippen LogP contribution is 2.18. The third-order valence-corrected chi connectivity index (χ3v) is 4.50. The van der Waals surface area contributed by atoms with Gasteiger partial charge in [0.25, 0.3) is 11.8 Å². The summed E-state index contributed by atoms with van der Waals surface area (Å²) in [5.41, 5.74) is 1.76. The Morgan fingerprint density at radius 3 is 2.40 bits per heavy atom. The minimum Gasteiger partial charge on any atom is -0.339 e. The Morgan fingerprint density at radius 2 is 1.72 bits per heavy atom. The van der Waals surface area contributed by atoms with Gasteiger partial charge in [0.1, 0.15) is 0 Å². The van der Waals surface area contributed by atoms with Gasteiger partial charge in [-0.25, -0.2) is 0 Å². The number of carbonyl (C=O) groups is 2. The molecule has 2 heterocycles. The lowest BCUT2D eigenvalue weighted by molar-refractivity contribution is 0.0724. The number of benzene rings is 1. The minimum atomic E-state index is -0.144. The number of rotatable bonds is 4. The molecule has 1 saturated heterocycles. The first kappa shape index (κ1) is 17.1. The average Bonchev–Trinajstić information content (AvgIpc) is 2.69. The summed E-state index contributed by atoms with van der Waals surface area (Å²) in [4.78, 5) is 33.2. The Balaban J connectivity index is 1.82. The van der Waals surface area contributed by atoms with Crippen LogP contribution < -0.4 is 4.90 Å². The molecule has 1 aliphatic heterocycles. The first-order chi connectivity index (χ1) is 12.2. The van der Waals surface area contributed by atoms with Crippen LogP contribution in [-0.2, 0) is 0 Å². The summed E-state index contributed by atoms with van der Waals surface area (Å²) in [6.07, 6.45) is 6.32. The predicted octanol–water partition coefficient (Wildman–Crippen LogP) is 3.37. The topological polar surface area (TPSA) is 53.5 Å². The zero-order chi connectivity index (χ0) is 17.6. The van der Waals surface area contributed by atoms with E-state index in [0.717, 1.165) is 31.6 Å². The second-order valence-electron chi connectivity index (χ2n) is 6.20. The highest BCUT2D eigenvalue weighted by Gasteiger charge is 2.21. The second-order valence-corrected chi connectivity index (χ2v) is 6.20. The first-order valence-electron chi connectivity index (χ1n) is 8.82. The summed E-state index contributed by atoms with van der Waals surface area (Å²) in [6.45, 7) is 4.04. The summed E-state index contributed by atoms with van der Waals surface area (Å²) in [6, 6.07) is 11.2. The molecule has 25 heavy (non-hydrogen) atoms. The smallest absolute Gasteiger partial charge is 0.259 e. The lowest BCUT2D eigenvalue weighted by Gasteiger charge is -2.27. The van der Waals surface area contributed by atoms with E-state index in [4.69, 9.17) is 0 Å². The van der Waals surface area contributed by atoms with Crippen LogP contribution in [0.3, 0.4) is 0 Å². The lowest BCUT2D eigenvalue weighted by Crippen LogP contribution is -2.36. The number of para-hydroxylation sites is 1. The average molecular weight is 337 g/mol. The monoisotopic (exact) mass is 337 g/mol. The zero-order valence-corrected chi connectivity index (χ0v) is 14.5. The van der Waals surface area contributed by atoms with Crippen molar-refractivity contribution in [1.82, 2.24) is 9.88 Å². The molecule has 5 heteroatoms. The maximum Gasteiger partial charge on any atom is 0.259 e. The fourth-order valence-electron chi connectivity index (χ4n) is 3.16. The molecular weight excluding hydrogens is 314 g/mol. The van der Waals surface area contributed by atoms with E-state index in [1.807, 2.05) is 42.2 Å². The molecule has 0 atom stereocenters. The van der Waals surface area contributed by atoms with Gasteiger partial charge in [-0.3, -0.25) is 14.6 Å². The van der Waals surface area contributed by atoms with E-state index in [9.17, 15) is 9.59 Å². The van der Waals surface area contributed by atoms with E-state index < -0.39 is 0 Å². The van der Waals surface area contributed by atoms with Gasteiger partial charge in [-0.15, -0.1) is 0 Å². The summed E-state index contributed by atoms with van der Waals surface area (Å²) >= 11 is 0. The SMILES string of the molecule is CCN(C(=O)c1cncc(C(=O)N2CCCCC2)c1)c1ccccc1. The lowest BCUT2D eigenvalue weighted by atomic mass is 10.1. The van der Waals surface area contributed by atoms with Crippen LogP contribution in [0.4, 0.5) is 5.69 Å². The zero-order valence-electron chi connectivity index (χ0n) is 14.5. The van der Waals surface area contributed by atoms with Crippen molar-refractivity contribution < 1.29 is 9.59 Å². The molecule has 2 amide bonds. The third kappa shape index (κ3) is 3.87. The van der Waals surface area contributed by atoms with Crippen LogP contribution in [0.25, 0.3) is 0 Å². The Morgan fingerprint density at radius 1 is 1.04 bits per heavy atom. The van der Waals surface area contributed by atoms with E-state index in [-0.39, 0.29) is 11.8 Å². The summed E-state index contributed by atoms with van der Waals surface area (Å²) in [5, 5.41) is 0.